The number of amides is 1. The molecular formula is C25H29N5O5S. The van der Waals surface area contributed by atoms with Crippen LogP contribution in [-0.2, 0) is 14.8 Å². The predicted octanol–water partition coefficient (Wildman–Crippen LogP) is 3.02. The lowest BCUT2D eigenvalue weighted by molar-refractivity contribution is -0.115. The molecule has 190 valence electrons. The van der Waals surface area contributed by atoms with E-state index in [0.29, 0.717) is 61.3 Å². The second-order valence-electron chi connectivity index (χ2n) is 8.16. The van der Waals surface area contributed by atoms with Crippen molar-refractivity contribution in [1.29, 1.82) is 0 Å². The number of nitrogens with zero attached hydrogens (tertiary/aromatic N) is 4. The SMILES string of the molecule is CCC(=O)Nc1ccc(S(=O)(=O)N2CCN(c3ccc(-c4cc(OC)ccc4OC)nn3)CC2)cc1. The molecule has 1 N–H and O–H groups in total. The minimum atomic E-state index is -3.64. The second-order valence-corrected chi connectivity index (χ2v) is 10.1. The molecule has 1 aliphatic heterocycles. The molecule has 0 aliphatic carbocycles. The average Bonchev–Trinajstić information content (AvgIpc) is 2.93. The van der Waals surface area contributed by atoms with Crippen molar-refractivity contribution in [3.63, 3.8) is 0 Å². The zero-order valence-corrected chi connectivity index (χ0v) is 21.3. The molecule has 1 saturated heterocycles. The fourth-order valence-electron chi connectivity index (χ4n) is 3.92. The molecule has 1 aliphatic rings. The zero-order chi connectivity index (χ0) is 25.7. The molecule has 36 heavy (non-hydrogen) atoms. The highest BCUT2D eigenvalue weighted by Crippen LogP contribution is 2.32. The summed E-state index contributed by atoms with van der Waals surface area (Å²) < 4.78 is 38.4. The van der Waals surface area contributed by atoms with Crippen LogP contribution in [0.25, 0.3) is 11.3 Å². The number of hydrogen-bond donors (Lipinski definition) is 1. The van der Waals surface area contributed by atoms with Gasteiger partial charge in [0, 0.05) is 43.9 Å². The Bertz CT molecular complexity index is 1310. The summed E-state index contributed by atoms with van der Waals surface area (Å²) in [4.78, 5) is 13.7. The molecule has 2 aromatic carbocycles. The van der Waals surface area contributed by atoms with Crippen LogP contribution < -0.4 is 19.7 Å². The summed E-state index contributed by atoms with van der Waals surface area (Å²) >= 11 is 0. The van der Waals surface area contributed by atoms with E-state index in [1.54, 1.807) is 33.3 Å². The maximum Gasteiger partial charge on any atom is 0.243 e. The number of nitrogens with one attached hydrogen (secondary N) is 1. The molecule has 11 heteroatoms. The van der Waals surface area contributed by atoms with Crippen LogP contribution in [-0.4, -0.2) is 69.2 Å². The van der Waals surface area contributed by atoms with Gasteiger partial charge in [-0.2, -0.15) is 4.31 Å². The van der Waals surface area contributed by atoms with Crippen molar-refractivity contribution in [1.82, 2.24) is 14.5 Å². The van der Waals surface area contributed by atoms with Gasteiger partial charge in [0.2, 0.25) is 15.9 Å². The number of aromatic nitrogens is 2. The first-order chi connectivity index (χ1) is 17.3. The maximum absolute atomic E-state index is 13.1. The number of methoxy groups -OCH3 is 2. The van der Waals surface area contributed by atoms with Gasteiger partial charge in [0.1, 0.15) is 11.5 Å². The van der Waals surface area contributed by atoms with Crippen LogP contribution in [0.3, 0.4) is 0 Å². The van der Waals surface area contributed by atoms with E-state index in [9.17, 15) is 13.2 Å². The normalized spacial score (nSPS) is 14.4. The molecule has 3 aromatic rings. The van der Waals surface area contributed by atoms with Crippen molar-refractivity contribution in [3.05, 3.63) is 54.6 Å². The Morgan fingerprint density at radius 2 is 1.67 bits per heavy atom. The van der Waals surface area contributed by atoms with Gasteiger partial charge in [-0.25, -0.2) is 8.42 Å². The highest BCUT2D eigenvalue weighted by atomic mass is 32.2. The Morgan fingerprint density at radius 3 is 2.25 bits per heavy atom. The van der Waals surface area contributed by atoms with E-state index in [4.69, 9.17) is 9.47 Å². The Balaban J connectivity index is 1.42. The van der Waals surface area contributed by atoms with Gasteiger partial charge in [-0.1, -0.05) is 6.92 Å². The molecule has 0 saturated carbocycles. The Morgan fingerprint density at radius 1 is 0.944 bits per heavy atom. The van der Waals surface area contributed by atoms with Crippen molar-refractivity contribution in [2.75, 3.05) is 50.6 Å². The van der Waals surface area contributed by atoms with Gasteiger partial charge < -0.3 is 19.7 Å². The van der Waals surface area contributed by atoms with Crippen LogP contribution in [0.1, 0.15) is 13.3 Å². The molecule has 1 aromatic heterocycles. The van der Waals surface area contributed by atoms with Crippen LogP contribution in [0.15, 0.2) is 59.5 Å². The van der Waals surface area contributed by atoms with Crippen molar-refractivity contribution in [3.8, 4) is 22.8 Å². The first-order valence-corrected chi connectivity index (χ1v) is 13.0. The molecule has 0 radical (unpaired) electrons. The number of anilines is 2. The average molecular weight is 512 g/mol. The quantitative estimate of drug-likeness (QED) is 0.491. The van der Waals surface area contributed by atoms with E-state index < -0.39 is 10.0 Å². The number of rotatable bonds is 8. The second kappa shape index (κ2) is 10.9. The first kappa shape index (κ1) is 25.4. The largest absolute Gasteiger partial charge is 0.497 e. The fourth-order valence-corrected chi connectivity index (χ4v) is 5.34. The van der Waals surface area contributed by atoms with E-state index >= 15 is 0 Å². The fraction of sp³-hybridized carbons (Fsp3) is 0.320. The Labute approximate surface area is 210 Å². The highest BCUT2D eigenvalue weighted by molar-refractivity contribution is 7.89. The van der Waals surface area contributed by atoms with Gasteiger partial charge in [-0.05, 0) is 54.6 Å². The smallest absolute Gasteiger partial charge is 0.243 e. The number of hydrogen-bond acceptors (Lipinski definition) is 8. The highest BCUT2D eigenvalue weighted by Gasteiger charge is 2.29. The molecule has 1 fully saturated rings. The van der Waals surface area contributed by atoms with Gasteiger partial charge in [0.05, 0.1) is 24.8 Å². The van der Waals surface area contributed by atoms with Crippen LogP contribution in [0, 0.1) is 0 Å². The third-order valence-electron chi connectivity index (χ3n) is 5.99. The lowest BCUT2D eigenvalue weighted by Gasteiger charge is -2.34. The van der Waals surface area contributed by atoms with Crippen molar-refractivity contribution in [2.45, 2.75) is 18.2 Å². The molecule has 10 nitrogen and oxygen atoms in total. The number of carbonyl (C=O) groups is 1. The topological polar surface area (TPSA) is 114 Å². The summed E-state index contributed by atoms with van der Waals surface area (Å²) in [5.74, 6) is 1.90. The predicted molar refractivity (Wildman–Crippen MR) is 137 cm³/mol. The summed E-state index contributed by atoms with van der Waals surface area (Å²) in [6.45, 7) is 3.37. The number of benzene rings is 2. The van der Waals surface area contributed by atoms with Crippen LogP contribution >= 0.6 is 0 Å². The summed E-state index contributed by atoms with van der Waals surface area (Å²) in [7, 11) is -0.447. The maximum atomic E-state index is 13.1. The zero-order valence-electron chi connectivity index (χ0n) is 20.5. The summed E-state index contributed by atoms with van der Waals surface area (Å²) in [5, 5.41) is 11.5. The summed E-state index contributed by atoms with van der Waals surface area (Å²) in [5.41, 5.74) is 1.99. The van der Waals surface area contributed by atoms with E-state index in [2.05, 4.69) is 15.5 Å². The molecule has 1 amide bonds. The van der Waals surface area contributed by atoms with Gasteiger partial charge in [-0.15, -0.1) is 10.2 Å². The van der Waals surface area contributed by atoms with Crippen molar-refractivity contribution in [2.24, 2.45) is 0 Å². The molecule has 4 rings (SSSR count). The molecular weight excluding hydrogens is 482 g/mol. The summed E-state index contributed by atoms with van der Waals surface area (Å²) in [6.07, 6.45) is 0.354. The number of piperazine rings is 1. The van der Waals surface area contributed by atoms with Gasteiger partial charge in [0.15, 0.2) is 5.82 Å². The summed E-state index contributed by atoms with van der Waals surface area (Å²) in [6, 6.07) is 15.5. The number of carbonyl (C=O) groups excluding carboxylic acids is 1. The lowest BCUT2D eigenvalue weighted by atomic mass is 10.1. The molecule has 2 heterocycles. The van der Waals surface area contributed by atoms with E-state index in [0.717, 1.165) is 5.56 Å². The van der Waals surface area contributed by atoms with E-state index in [1.807, 2.05) is 35.2 Å². The minimum absolute atomic E-state index is 0.125. The Kier molecular flexibility index (Phi) is 7.70. The lowest BCUT2D eigenvalue weighted by Crippen LogP contribution is -2.49. The third kappa shape index (κ3) is 5.42. The van der Waals surface area contributed by atoms with Crippen LogP contribution in [0.5, 0.6) is 11.5 Å². The monoisotopic (exact) mass is 511 g/mol. The van der Waals surface area contributed by atoms with Gasteiger partial charge >= 0.3 is 0 Å². The standard InChI is InChI=1S/C25H29N5O5S/c1-4-25(31)26-18-5-8-20(9-6-18)36(32,33)30-15-13-29(14-16-30)24-12-10-22(27-28-24)21-17-19(34-2)7-11-23(21)35-3/h5-12,17H,4,13-16H2,1-3H3,(H,26,31). The Hall–Kier alpha value is -3.70. The number of sulfonamides is 1. The molecule has 0 unspecified atom stereocenters. The van der Waals surface area contributed by atoms with E-state index in [-0.39, 0.29) is 10.8 Å². The van der Waals surface area contributed by atoms with Crippen molar-refractivity contribution < 1.29 is 22.7 Å². The third-order valence-corrected chi connectivity index (χ3v) is 7.91. The first-order valence-electron chi connectivity index (χ1n) is 11.6. The number of ether oxygens (including phenoxy) is 2. The van der Waals surface area contributed by atoms with Gasteiger partial charge in [-0.3, -0.25) is 4.79 Å². The van der Waals surface area contributed by atoms with Crippen molar-refractivity contribution >= 4 is 27.4 Å². The van der Waals surface area contributed by atoms with Crippen LogP contribution in [0.4, 0.5) is 11.5 Å². The van der Waals surface area contributed by atoms with E-state index in [1.165, 1.54) is 16.4 Å². The minimum Gasteiger partial charge on any atom is -0.497 e. The van der Waals surface area contributed by atoms with Gasteiger partial charge in [0.25, 0.3) is 0 Å². The van der Waals surface area contributed by atoms with Crippen LogP contribution in [0.2, 0.25) is 0 Å². The molecule has 0 spiro atoms. The molecule has 0 bridgehead atoms. The molecule has 0 atom stereocenters.